The molecule has 3 aromatic rings. The van der Waals surface area contributed by atoms with Crippen molar-refractivity contribution >= 4 is 45.9 Å². The van der Waals surface area contributed by atoms with Gasteiger partial charge in [-0.15, -0.1) is 0 Å². The highest BCUT2D eigenvalue weighted by Crippen LogP contribution is 2.37. The minimum Gasteiger partial charge on any atom is -0.493 e. The second-order valence-electron chi connectivity index (χ2n) is 8.13. The van der Waals surface area contributed by atoms with Gasteiger partial charge in [0.1, 0.15) is 35.1 Å². The molecule has 1 aromatic heterocycles. The van der Waals surface area contributed by atoms with Crippen LogP contribution >= 0.6 is 11.6 Å². The highest BCUT2D eigenvalue weighted by molar-refractivity contribution is 6.31. The molecule has 0 bridgehead atoms. The summed E-state index contributed by atoms with van der Waals surface area (Å²) in [5, 5.41) is 2.63. The number of fused-ring (bicyclic) bond motifs is 1. The molecule has 1 fully saturated rings. The Labute approximate surface area is 216 Å². The highest BCUT2D eigenvalue weighted by Gasteiger charge is 2.37. The SMILES string of the molecule is C=CC(=O)N1CC[C@H](Oc2cc3c(Nc4ccc(F)c(Cl)c4F)ncnc3cc2OC)C[C@H]1C(=O)OC. The molecular formula is C25H23ClF2N4O5. The lowest BCUT2D eigenvalue weighted by Crippen LogP contribution is -2.52. The molecule has 9 nitrogen and oxygen atoms in total. The van der Waals surface area contributed by atoms with Crippen molar-refractivity contribution < 1.29 is 32.6 Å². The zero-order chi connectivity index (χ0) is 26.7. The molecule has 2 atom stereocenters. The maximum atomic E-state index is 14.5. The smallest absolute Gasteiger partial charge is 0.328 e. The first-order valence-electron chi connectivity index (χ1n) is 11.2. The van der Waals surface area contributed by atoms with Crippen LogP contribution in [-0.2, 0) is 14.3 Å². The fourth-order valence-electron chi connectivity index (χ4n) is 4.13. The van der Waals surface area contributed by atoms with Gasteiger partial charge in [-0.05, 0) is 24.3 Å². The third-order valence-electron chi connectivity index (χ3n) is 5.99. The number of likely N-dealkylation sites (tertiary alicyclic amines) is 1. The van der Waals surface area contributed by atoms with E-state index in [1.807, 2.05) is 0 Å². The van der Waals surface area contributed by atoms with Crippen LogP contribution in [0, 0.1) is 11.6 Å². The summed E-state index contributed by atoms with van der Waals surface area (Å²) in [5.41, 5.74) is 0.388. The van der Waals surface area contributed by atoms with Crippen molar-refractivity contribution in [3.8, 4) is 11.5 Å². The molecular weight excluding hydrogens is 510 g/mol. The van der Waals surface area contributed by atoms with E-state index >= 15 is 0 Å². The third kappa shape index (κ3) is 5.26. The van der Waals surface area contributed by atoms with E-state index in [9.17, 15) is 18.4 Å². The number of nitrogens with one attached hydrogen (secondary N) is 1. The highest BCUT2D eigenvalue weighted by atomic mass is 35.5. The number of anilines is 2. The molecule has 0 spiro atoms. The van der Waals surface area contributed by atoms with Gasteiger partial charge in [-0.1, -0.05) is 18.2 Å². The van der Waals surface area contributed by atoms with Gasteiger partial charge in [0.25, 0.3) is 0 Å². The number of hydrogen-bond acceptors (Lipinski definition) is 8. The van der Waals surface area contributed by atoms with Gasteiger partial charge >= 0.3 is 5.97 Å². The summed E-state index contributed by atoms with van der Waals surface area (Å²) in [6.07, 6.45) is 2.59. The maximum Gasteiger partial charge on any atom is 0.328 e. The molecule has 1 saturated heterocycles. The van der Waals surface area contributed by atoms with E-state index in [2.05, 4.69) is 21.9 Å². The van der Waals surface area contributed by atoms with Gasteiger partial charge in [-0.3, -0.25) is 4.79 Å². The van der Waals surface area contributed by atoms with Crippen LogP contribution < -0.4 is 14.8 Å². The summed E-state index contributed by atoms with van der Waals surface area (Å²) in [6, 6.07) is 4.65. The fraction of sp³-hybridized carbons (Fsp3) is 0.280. The zero-order valence-corrected chi connectivity index (χ0v) is 20.7. The summed E-state index contributed by atoms with van der Waals surface area (Å²) >= 11 is 5.70. The second-order valence-corrected chi connectivity index (χ2v) is 8.51. The molecule has 194 valence electrons. The van der Waals surface area contributed by atoms with E-state index in [1.165, 1.54) is 31.5 Å². The normalized spacial score (nSPS) is 17.3. The molecule has 4 rings (SSSR count). The summed E-state index contributed by atoms with van der Waals surface area (Å²) in [7, 11) is 2.72. The first-order chi connectivity index (χ1) is 17.8. The quantitative estimate of drug-likeness (QED) is 0.271. The molecule has 0 aliphatic carbocycles. The summed E-state index contributed by atoms with van der Waals surface area (Å²) < 4.78 is 44.7. The van der Waals surface area contributed by atoms with Crippen LogP contribution in [-0.4, -0.2) is 59.7 Å². The van der Waals surface area contributed by atoms with Crippen LogP contribution in [0.2, 0.25) is 5.02 Å². The molecule has 2 heterocycles. The number of piperidine rings is 1. The predicted octanol–water partition coefficient (Wildman–Crippen LogP) is 4.41. The number of amides is 1. The molecule has 0 unspecified atom stereocenters. The van der Waals surface area contributed by atoms with Gasteiger partial charge in [0.15, 0.2) is 17.3 Å². The Morgan fingerprint density at radius 2 is 2.00 bits per heavy atom. The number of ether oxygens (including phenoxy) is 3. The lowest BCUT2D eigenvalue weighted by Gasteiger charge is -2.37. The van der Waals surface area contributed by atoms with Crippen LogP contribution in [0.3, 0.4) is 0 Å². The maximum absolute atomic E-state index is 14.5. The van der Waals surface area contributed by atoms with Gasteiger partial charge < -0.3 is 24.4 Å². The van der Waals surface area contributed by atoms with E-state index in [0.29, 0.717) is 28.8 Å². The number of nitrogens with zero attached hydrogens (tertiary/aromatic N) is 3. The number of esters is 1. The first-order valence-corrected chi connectivity index (χ1v) is 11.6. The molecule has 1 aliphatic heterocycles. The third-order valence-corrected chi connectivity index (χ3v) is 6.33. The number of halogens is 3. The van der Waals surface area contributed by atoms with Crippen LogP contribution in [0.25, 0.3) is 10.9 Å². The van der Waals surface area contributed by atoms with E-state index in [1.54, 1.807) is 12.1 Å². The molecule has 1 amide bonds. The van der Waals surface area contributed by atoms with Gasteiger partial charge in [-0.25, -0.2) is 23.5 Å². The van der Waals surface area contributed by atoms with Crippen molar-refractivity contribution in [2.75, 3.05) is 26.1 Å². The lowest BCUT2D eigenvalue weighted by molar-refractivity contribution is -0.154. The Kier molecular flexibility index (Phi) is 7.72. The van der Waals surface area contributed by atoms with Crippen molar-refractivity contribution in [1.82, 2.24) is 14.9 Å². The Morgan fingerprint density at radius 3 is 2.70 bits per heavy atom. The van der Waals surface area contributed by atoms with E-state index in [0.717, 1.165) is 12.1 Å². The van der Waals surface area contributed by atoms with E-state index in [-0.39, 0.29) is 30.4 Å². The van der Waals surface area contributed by atoms with Crippen molar-refractivity contribution in [3.05, 3.63) is 59.9 Å². The van der Waals surface area contributed by atoms with E-state index < -0.39 is 34.8 Å². The number of hydrogen-bond donors (Lipinski definition) is 1. The molecule has 0 saturated carbocycles. The van der Waals surface area contributed by atoms with Gasteiger partial charge in [0, 0.05) is 30.8 Å². The van der Waals surface area contributed by atoms with Crippen molar-refractivity contribution in [1.29, 1.82) is 0 Å². The molecule has 2 aromatic carbocycles. The summed E-state index contributed by atoms with van der Waals surface area (Å²) in [5.74, 6) is -1.88. The Morgan fingerprint density at radius 1 is 1.22 bits per heavy atom. The van der Waals surface area contributed by atoms with Crippen LogP contribution in [0.1, 0.15) is 12.8 Å². The molecule has 1 N–H and O–H groups in total. The van der Waals surface area contributed by atoms with Gasteiger partial charge in [0.2, 0.25) is 5.91 Å². The topological polar surface area (TPSA) is 103 Å². The van der Waals surface area contributed by atoms with Crippen LogP contribution in [0.5, 0.6) is 11.5 Å². The Bertz CT molecular complexity index is 1370. The molecule has 12 heteroatoms. The number of carbonyl (C=O) groups is 2. The van der Waals surface area contributed by atoms with Crippen molar-refractivity contribution in [2.24, 2.45) is 0 Å². The minimum atomic E-state index is -0.965. The lowest BCUT2D eigenvalue weighted by atomic mass is 9.99. The molecule has 37 heavy (non-hydrogen) atoms. The fourth-order valence-corrected chi connectivity index (χ4v) is 4.29. The van der Waals surface area contributed by atoms with Crippen LogP contribution in [0.15, 0.2) is 43.2 Å². The second kappa shape index (κ2) is 11.0. The van der Waals surface area contributed by atoms with E-state index in [4.69, 9.17) is 25.8 Å². The van der Waals surface area contributed by atoms with Gasteiger partial charge in [0.05, 0.1) is 25.4 Å². The standard InChI is InChI=1S/C25H23ClF2N4O5/c1-4-21(33)32-8-7-13(9-18(32)25(34)36-3)37-20-10-14-17(11-19(20)35-2)29-12-30-24(14)31-16-6-5-15(27)22(26)23(16)28/h4-6,10-13,18H,1,7-9H2,2-3H3,(H,29,30,31)/t13-,18-/m0/s1. The zero-order valence-electron chi connectivity index (χ0n) is 20.0. The van der Waals surface area contributed by atoms with Crippen molar-refractivity contribution in [2.45, 2.75) is 25.0 Å². The Balaban J connectivity index is 1.66. The van der Waals surface area contributed by atoms with Crippen LogP contribution in [0.4, 0.5) is 20.3 Å². The predicted molar refractivity (Wildman–Crippen MR) is 132 cm³/mol. The summed E-state index contributed by atoms with van der Waals surface area (Å²) in [4.78, 5) is 34.4. The minimum absolute atomic E-state index is 0.0788. The largest absolute Gasteiger partial charge is 0.493 e. The molecule has 1 aliphatic rings. The van der Waals surface area contributed by atoms with Gasteiger partial charge in [-0.2, -0.15) is 0 Å². The average molecular weight is 533 g/mol. The molecule has 0 radical (unpaired) electrons. The first kappa shape index (κ1) is 26.1. The average Bonchev–Trinajstić information content (AvgIpc) is 2.92. The number of rotatable bonds is 7. The number of carbonyl (C=O) groups excluding carboxylic acids is 2. The Hall–Kier alpha value is -3.99. The van der Waals surface area contributed by atoms with Crippen molar-refractivity contribution in [3.63, 3.8) is 0 Å². The number of aromatic nitrogens is 2. The number of methoxy groups -OCH3 is 2. The number of benzene rings is 2. The summed E-state index contributed by atoms with van der Waals surface area (Å²) in [6.45, 7) is 3.74. The monoisotopic (exact) mass is 532 g/mol.